The predicted octanol–water partition coefficient (Wildman–Crippen LogP) is 2.31. The van der Waals surface area contributed by atoms with E-state index in [1.165, 1.54) is 17.7 Å². The van der Waals surface area contributed by atoms with Gasteiger partial charge in [0.05, 0.1) is 11.3 Å². The summed E-state index contributed by atoms with van der Waals surface area (Å²) >= 11 is 5.92. The minimum atomic E-state index is -3.71. The second-order valence-electron chi connectivity index (χ2n) is 7.11. The van der Waals surface area contributed by atoms with Gasteiger partial charge in [0.1, 0.15) is 0 Å². The van der Waals surface area contributed by atoms with Crippen molar-refractivity contribution in [1.82, 2.24) is 10.2 Å². The minimum absolute atomic E-state index is 0.0460. The molecule has 0 saturated carbocycles. The molecule has 3 rings (SSSR count). The number of benzene rings is 2. The summed E-state index contributed by atoms with van der Waals surface area (Å²) in [4.78, 5) is 14.7. The SMILES string of the molecule is NS(=O)(=O)c1ccc(CC(=O)NC2CCN(Cc3ccc(Cl)cc3)CC2)cc1. The highest BCUT2D eigenvalue weighted by Gasteiger charge is 2.21. The number of hydrogen-bond donors (Lipinski definition) is 2. The van der Waals surface area contributed by atoms with Gasteiger partial charge in [0.2, 0.25) is 15.9 Å². The van der Waals surface area contributed by atoms with Crippen molar-refractivity contribution in [2.75, 3.05) is 13.1 Å². The van der Waals surface area contributed by atoms with Gasteiger partial charge in [-0.15, -0.1) is 0 Å². The topological polar surface area (TPSA) is 92.5 Å². The summed E-state index contributed by atoms with van der Waals surface area (Å²) in [5, 5.41) is 8.90. The Balaban J connectivity index is 1.44. The third-order valence-electron chi connectivity index (χ3n) is 4.89. The smallest absolute Gasteiger partial charge is 0.238 e. The van der Waals surface area contributed by atoms with Gasteiger partial charge in [0, 0.05) is 30.7 Å². The molecule has 3 N–H and O–H groups in total. The molecule has 8 heteroatoms. The zero-order valence-corrected chi connectivity index (χ0v) is 17.0. The van der Waals surface area contributed by atoms with E-state index in [1.54, 1.807) is 12.1 Å². The van der Waals surface area contributed by atoms with Gasteiger partial charge in [0.15, 0.2) is 0 Å². The van der Waals surface area contributed by atoms with Crippen LogP contribution in [0.1, 0.15) is 24.0 Å². The second kappa shape index (κ2) is 9.05. The van der Waals surface area contributed by atoms with E-state index >= 15 is 0 Å². The van der Waals surface area contributed by atoms with Crippen molar-refractivity contribution < 1.29 is 13.2 Å². The fourth-order valence-electron chi connectivity index (χ4n) is 3.34. The maximum Gasteiger partial charge on any atom is 0.238 e. The van der Waals surface area contributed by atoms with Crippen LogP contribution in [0.2, 0.25) is 5.02 Å². The standard InChI is InChI=1S/C20H24ClN3O3S/c21-17-5-1-16(2-6-17)14-24-11-9-18(10-12-24)23-20(25)13-15-3-7-19(8-4-15)28(22,26)27/h1-8,18H,9-14H2,(H,23,25)(H2,22,26,27). The highest BCUT2D eigenvalue weighted by atomic mass is 35.5. The lowest BCUT2D eigenvalue weighted by molar-refractivity contribution is -0.121. The molecule has 28 heavy (non-hydrogen) atoms. The van der Waals surface area contributed by atoms with Gasteiger partial charge in [-0.2, -0.15) is 0 Å². The zero-order valence-electron chi connectivity index (χ0n) is 15.5. The third-order valence-corrected chi connectivity index (χ3v) is 6.07. The predicted molar refractivity (Wildman–Crippen MR) is 109 cm³/mol. The Kier molecular flexibility index (Phi) is 6.72. The quantitative estimate of drug-likeness (QED) is 0.748. The van der Waals surface area contributed by atoms with Crippen molar-refractivity contribution in [3.8, 4) is 0 Å². The Labute approximate surface area is 170 Å². The molecular formula is C20H24ClN3O3S. The van der Waals surface area contributed by atoms with Crippen molar-refractivity contribution in [2.45, 2.75) is 36.7 Å². The number of nitrogens with zero attached hydrogens (tertiary/aromatic N) is 1. The summed E-state index contributed by atoms with van der Waals surface area (Å²) < 4.78 is 22.5. The maximum atomic E-state index is 12.3. The average Bonchev–Trinajstić information content (AvgIpc) is 2.65. The van der Waals surface area contributed by atoms with E-state index in [0.29, 0.717) is 0 Å². The number of nitrogens with two attached hydrogens (primary N) is 1. The van der Waals surface area contributed by atoms with Crippen LogP contribution >= 0.6 is 11.6 Å². The average molecular weight is 422 g/mol. The summed E-state index contributed by atoms with van der Waals surface area (Å²) in [7, 11) is -3.71. The molecular weight excluding hydrogens is 398 g/mol. The van der Waals surface area contributed by atoms with Crippen molar-refractivity contribution in [3.05, 3.63) is 64.7 Å². The monoisotopic (exact) mass is 421 g/mol. The second-order valence-corrected chi connectivity index (χ2v) is 9.11. The van der Waals surface area contributed by atoms with Gasteiger partial charge in [-0.05, 0) is 48.2 Å². The molecule has 1 aliphatic heterocycles. The molecule has 0 radical (unpaired) electrons. The zero-order chi connectivity index (χ0) is 20.1. The molecule has 0 bridgehead atoms. The first-order chi connectivity index (χ1) is 13.3. The molecule has 6 nitrogen and oxygen atoms in total. The highest BCUT2D eigenvalue weighted by Crippen LogP contribution is 2.16. The van der Waals surface area contributed by atoms with E-state index in [1.807, 2.05) is 24.3 Å². The molecule has 0 spiro atoms. The van der Waals surface area contributed by atoms with E-state index in [0.717, 1.165) is 43.1 Å². The lowest BCUT2D eigenvalue weighted by atomic mass is 10.0. The summed E-state index contributed by atoms with van der Waals surface area (Å²) in [6.07, 6.45) is 2.03. The number of rotatable bonds is 6. The number of piperidine rings is 1. The molecule has 1 aliphatic rings. The fourth-order valence-corrected chi connectivity index (χ4v) is 3.99. The van der Waals surface area contributed by atoms with Crippen molar-refractivity contribution in [2.24, 2.45) is 5.14 Å². The van der Waals surface area contributed by atoms with Crippen LogP contribution in [0.25, 0.3) is 0 Å². The van der Waals surface area contributed by atoms with E-state index < -0.39 is 10.0 Å². The Hall–Kier alpha value is -1.93. The lowest BCUT2D eigenvalue weighted by Gasteiger charge is -2.32. The number of amides is 1. The third kappa shape index (κ3) is 6.04. The number of carbonyl (C=O) groups is 1. The van der Waals surface area contributed by atoms with Crippen LogP contribution in [-0.4, -0.2) is 38.4 Å². The van der Waals surface area contributed by atoms with Crippen molar-refractivity contribution in [3.63, 3.8) is 0 Å². The summed E-state index contributed by atoms with van der Waals surface area (Å²) in [5.41, 5.74) is 1.99. The van der Waals surface area contributed by atoms with Gasteiger partial charge >= 0.3 is 0 Å². The van der Waals surface area contributed by atoms with Crippen molar-refractivity contribution >= 4 is 27.5 Å². The Bertz CT molecular complexity index is 907. The molecule has 2 aromatic rings. The van der Waals surface area contributed by atoms with Crippen LogP contribution < -0.4 is 10.5 Å². The molecule has 0 aromatic heterocycles. The molecule has 0 unspecified atom stereocenters. The maximum absolute atomic E-state index is 12.3. The summed E-state index contributed by atoms with van der Waals surface area (Å²) in [6.45, 7) is 2.74. The molecule has 1 heterocycles. The molecule has 0 atom stereocenters. The summed E-state index contributed by atoms with van der Waals surface area (Å²) in [5.74, 6) is -0.0560. The Morgan fingerprint density at radius 1 is 1.04 bits per heavy atom. The molecule has 2 aromatic carbocycles. The molecule has 0 aliphatic carbocycles. The number of likely N-dealkylation sites (tertiary alicyclic amines) is 1. The first-order valence-corrected chi connectivity index (χ1v) is 11.1. The van der Waals surface area contributed by atoms with Crippen molar-refractivity contribution in [1.29, 1.82) is 0 Å². The van der Waals surface area contributed by atoms with Crippen LogP contribution in [0.5, 0.6) is 0 Å². The van der Waals surface area contributed by atoms with Crippen LogP contribution in [0.4, 0.5) is 0 Å². The summed E-state index contributed by atoms with van der Waals surface area (Å²) in [6, 6.07) is 14.1. The van der Waals surface area contributed by atoms with Gasteiger partial charge < -0.3 is 5.32 Å². The van der Waals surface area contributed by atoms with E-state index in [4.69, 9.17) is 16.7 Å². The molecule has 1 amide bonds. The normalized spacial score (nSPS) is 16.1. The number of halogens is 1. The first-order valence-electron chi connectivity index (χ1n) is 9.17. The van der Waals surface area contributed by atoms with Crippen LogP contribution in [0.15, 0.2) is 53.4 Å². The first kappa shape index (κ1) is 20.8. The lowest BCUT2D eigenvalue weighted by Crippen LogP contribution is -2.44. The molecule has 1 fully saturated rings. The fraction of sp³-hybridized carbons (Fsp3) is 0.350. The van der Waals surface area contributed by atoms with Gasteiger partial charge in [-0.3, -0.25) is 9.69 Å². The van der Waals surface area contributed by atoms with Gasteiger partial charge in [0.25, 0.3) is 0 Å². The van der Waals surface area contributed by atoms with E-state index in [9.17, 15) is 13.2 Å². The molecule has 1 saturated heterocycles. The highest BCUT2D eigenvalue weighted by molar-refractivity contribution is 7.89. The van der Waals surface area contributed by atoms with Crippen LogP contribution in [0, 0.1) is 0 Å². The largest absolute Gasteiger partial charge is 0.353 e. The number of sulfonamides is 1. The van der Waals surface area contributed by atoms with Gasteiger partial charge in [-0.25, -0.2) is 13.6 Å². The molecule has 150 valence electrons. The van der Waals surface area contributed by atoms with Crippen LogP contribution in [0.3, 0.4) is 0 Å². The van der Waals surface area contributed by atoms with E-state index in [2.05, 4.69) is 10.2 Å². The number of nitrogens with one attached hydrogen (secondary N) is 1. The number of primary sulfonamides is 1. The Morgan fingerprint density at radius 2 is 1.61 bits per heavy atom. The number of carbonyl (C=O) groups excluding carboxylic acids is 1. The minimum Gasteiger partial charge on any atom is -0.353 e. The van der Waals surface area contributed by atoms with Gasteiger partial charge in [-0.1, -0.05) is 35.9 Å². The number of hydrogen-bond acceptors (Lipinski definition) is 4. The van der Waals surface area contributed by atoms with E-state index in [-0.39, 0.29) is 23.3 Å². The Morgan fingerprint density at radius 3 is 2.18 bits per heavy atom. The van der Waals surface area contributed by atoms with Crippen LogP contribution in [-0.2, 0) is 27.8 Å².